The monoisotopic (exact) mass is 351 g/mol. The van der Waals surface area contributed by atoms with Gasteiger partial charge in [-0.25, -0.2) is 0 Å². The van der Waals surface area contributed by atoms with Crippen molar-refractivity contribution in [2.24, 2.45) is 5.73 Å². The summed E-state index contributed by atoms with van der Waals surface area (Å²) in [7, 11) is -0.451. The number of amides is 1. The third-order valence-electron chi connectivity index (χ3n) is 5.40. The molecule has 2 N–H and O–H groups in total. The van der Waals surface area contributed by atoms with Crippen molar-refractivity contribution in [3.63, 3.8) is 0 Å². The molecule has 0 spiro atoms. The van der Waals surface area contributed by atoms with Crippen LogP contribution in [0.15, 0.2) is 48.5 Å². The van der Waals surface area contributed by atoms with Crippen molar-refractivity contribution in [2.45, 2.75) is 51.7 Å². The molecular formula is C21H26BNO3. The summed E-state index contributed by atoms with van der Waals surface area (Å²) in [6.45, 7) is 8.14. The Balaban J connectivity index is 1.98. The first-order chi connectivity index (χ1) is 12.2. The fourth-order valence-electron chi connectivity index (χ4n) is 3.09. The number of benzene rings is 2. The molecule has 0 saturated carbocycles. The third-order valence-corrected chi connectivity index (χ3v) is 5.40. The molecule has 0 radical (unpaired) electrons. The SMILES string of the molecule is CC1(C)OB(c2ccc(-c3ccccc3)cc2CCC(N)=O)OC1(C)C. The Morgan fingerprint density at radius 3 is 2.15 bits per heavy atom. The molecule has 0 aromatic heterocycles. The summed E-state index contributed by atoms with van der Waals surface area (Å²) >= 11 is 0. The number of hydrogen-bond donors (Lipinski definition) is 1. The van der Waals surface area contributed by atoms with E-state index in [1.54, 1.807) is 0 Å². The van der Waals surface area contributed by atoms with Gasteiger partial charge in [0.15, 0.2) is 0 Å². The van der Waals surface area contributed by atoms with Crippen LogP contribution in [0, 0.1) is 0 Å². The molecule has 4 nitrogen and oxygen atoms in total. The van der Waals surface area contributed by atoms with Gasteiger partial charge in [-0.05, 0) is 56.3 Å². The van der Waals surface area contributed by atoms with Gasteiger partial charge in [0.25, 0.3) is 0 Å². The van der Waals surface area contributed by atoms with Crippen LogP contribution in [0.25, 0.3) is 11.1 Å². The summed E-state index contributed by atoms with van der Waals surface area (Å²) in [4.78, 5) is 11.3. The van der Waals surface area contributed by atoms with Crippen molar-refractivity contribution in [1.82, 2.24) is 0 Å². The molecule has 0 bridgehead atoms. The second kappa shape index (κ2) is 6.90. The summed E-state index contributed by atoms with van der Waals surface area (Å²) in [5.74, 6) is -0.310. The van der Waals surface area contributed by atoms with Crippen LogP contribution in [0.5, 0.6) is 0 Å². The summed E-state index contributed by atoms with van der Waals surface area (Å²) in [5, 5.41) is 0. The van der Waals surface area contributed by atoms with Crippen LogP contribution in [0.1, 0.15) is 39.7 Å². The highest BCUT2D eigenvalue weighted by atomic mass is 16.7. The predicted molar refractivity (Wildman–Crippen MR) is 105 cm³/mol. The number of primary amides is 1. The summed E-state index contributed by atoms with van der Waals surface area (Å²) in [5.41, 5.74) is 8.79. The van der Waals surface area contributed by atoms with Crippen LogP contribution in [0.3, 0.4) is 0 Å². The number of rotatable bonds is 5. The molecule has 5 heteroatoms. The first kappa shape index (κ1) is 18.7. The van der Waals surface area contributed by atoms with Gasteiger partial charge in [-0.2, -0.15) is 0 Å². The largest absolute Gasteiger partial charge is 0.495 e. The third kappa shape index (κ3) is 3.69. The minimum Gasteiger partial charge on any atom is -0.399 e. The quantitative estimate of drug-likeness (QED) is 0.842. The Morgan fingerprint density at radius 2 is 1.58 bits per heavy atom. The number of carbonyl (C=O) groups is 1. The molecule has 2 aromatic carbocycles. The van der Waals surface area contributed by atoms with Crippen LogP contribution in [0.2, 0.25) is 0 Å². The molecule has 0 atom stereocenters. The van der Waals surface area contributed by atoms with Gasteiger partial charge in [0.1, 0.15) is 0 Å². The lowest BCUT2D eigenvalue weighted by Gasteiger charge is -2.32. The topological polar surface area (TPSA) is 61.5 Å². The van der Waals surface area contributed by atoms with Crippen LogP contribution >= 0.6 is 0 Å². The summed E-state index contributed by atoms with van der Waals surface area (Å²) < 4.78 is 12.4. The second-order valence-corrected chi connectivity index (χ2v) is 7.83. The first-order valence-electron chi connectivity index (χ1n) is 9.02. The van der Waals surface area contributed by atoms with Crippen molar-refractivity contribution < 1.29 is 14.1 Å². The Hall–Kier alpha value is -2.11. The zero-order valence-corrected chi connectivity index (χ0v) is 15.9. The maximum Gasteiger partial charge on any atom is 0.495 e. The zero-order chi connectivity index (χ0) is 18.9. The van der Waals surface area contributed by atoms with E-state index in [-0.39, 0.29) is 5.91 Å². The van der Waals surface area contributed by atoms with E-state index < -0.39 is 18.3 Å². The van der Waals surface area contributed by atoms with Crippen LogP contribution in [0.4, 0.5) is 0 Å². The normalized spacial score (nSPS) is 18.1. The van der Waals surface area contributed by atoms with Gasteiger partial charge in [0, 0.05) is 6.42 Å². The Kier molecular flexibility index (Phi) is 4.95. The van der Waals surface area contributed by atoms with Crippen LogP contribution in [-0.4, -0.2) is 24.2 Å². The minimum atomic E-state index is -0.451. The van der Waals surface area contributed by atoms with E-state index in [0.29, 0.717) is 12.8 Å². The highest BCUT2D eigenvalue weighted by molar-refractivity contribution is 6.62. The van der Waals surface area contributed by atoms with E-state index in [9.17, 15) is 4.79 Å². The first-order valence-corrected chi connectivity index (χ1v) is 9.02. The average molecular weight is 351 g/mol. The summed E-state index contributed by atoms with van der Waals surface area (Å²) in [6.07, 6.45) is 0.861. The highest BCUT2D eigenvalue weighted by Gasteiger charge is 2.52. The molecule has 0 unspecified atom stereocenters. The lowest BCUT2D eigenvalue weighted by Crippen LogP contribution is -2.41. The standard InChI is InChI=1S/C21H26BNO3/c1-20(2)21(3,4)26-22(25-20)18-12-10-16(15-8-6-5-7-9-15)14-17(18)11-13-19(23)24/h5-10,12,14H,11,13H2,1-4H3,(H2,23,24). The molecule has 0 aliphatic carbocycles. The number of aryl methyl sites for hydroxylation is 1. The summed E-state index contributed by atoms with van der Waals surface area (Å²) in [6, 6.07) is 16.4. The van der Waals surface area contributed by atoms with Crippen LogP contribution < -0.4 is 11.2 Å². The van der Waals surface area contributed by atoms with Gasteiger partial charge in [-0.1, -0.05) is 48.5 Å². The molecule has 136 valence electrons. The fraction of sp³-hybridized carbons (Fsp3) is 0.381. The van der Waals surface area contributed by atoms with Crippen molar-refractivity contribution in [2.75, 3.05) is 0 Å². The number of carbonyl (C=O) groups excluding carboxylic acids is 1. The maximum atomic E-state index is 11.3. The molecule has 2 aromatic rings. The van der Waals surface area contributed by atoms with Gasteiger partial charge in [-0.3, -0.25) is 4.79 Å². The lowest BCUT2D eigenvalue weighted by atomic mass is 9.74. The minimum absolute atomic E-state index is 0.296. The van der Waals surface area contributed by atoms with Gasteiger partial charge in [0.05, 0.1) is 11.2 Å². The highest BCUT2D eigenvalue weighted by Crippen LogP contribution is 2.37. The Labute approximate surface area is 155 Å². The van der Waals surface area contributed by atoms with E-state index in [0.717, 1.165) is 22.2 Å². The van der Waals surface area contributed by atoms with Gasteiger partial charge < -0.3 is 15.0 Å². The van der Waals surface area contributed by atoms with Crippen LogP contribution in [-0.2, 0) is 20.5 Å². The maximum absolute atomic E-state index is 11.3. The molecule has 1 saturated heterocycles. The Bertz CT molecular complexity index is 786. The Morgan fingerprint density at radius 1 is 0.962 bits per heavy atom. The smallest absolute Gasteiger partial charge is 0.399 e. The fourth-order valence-corrected chi connectivity index (χ4v) is 3.09. The van der Waals surface area contributed by atoms with E-state index in [2.05, 4.69) is 24.3 Å². The van der Waals surface area contributed by atoms with Gasteiger partial charge >= 0.3 is 7.12 Å². The molecule has 1 heterocycles. The van der Waals surface area contributed by atoms with Gasteiger partial charge in [-0.15, -0.1) is 0 Å². The van der Waals surface area contributed by atoms with E-state index in [1.807, 2.05) is 52.0 Å². The molecule has 1 amide bonds. The van der Waals surface area contributed by atoms with Gasteiger partial charge in [0.2, 0.25) is 5.91 Å². The molecule has 1 aliphatic heterocycles. The van der Waals surface area contributed by atoms with E-state index in [4.69, 9.17) is 15.0 Å². The zero-order valence-electron chi connectivity index (χ0n) is 15.9. The van der Waals surface area contributed by atoms with Crippen molar-refractivity contribution >= 4 is 18.5 Å². The molecular weight excluding hydrogens is 325 g/mol. The van der Waals surface area contributed by atoms with Crippen molar-refractivity contribution in [3.8, 4) is 11.1 Å². The lowest BCUT2D eigenvalue weighted by molar-refractivity contribution is -0.117. The molecule has 26 heavy (non-hydrogen) atoms. The predicted octanol–water partition coefficient (Wildman–Crippen LogP) is 3.07. The van der Waals surface area contributed by atoms with E-state index in [1.165, 1.54) is 0 Å². The number of nitrogens with two attached hydrogens (primary N) is 1. The molecule has 3 rings (SSSR count). The van der Waals surface area contributed by atoms with Crippen molar-refractivity contribution in [3.05, 3.63) is 54.1 Å². The molecule has 1 aliphatic rings. The average Bonchev–Trinajstić information content (AvgIpc) is 2.81. The van der Waals surface area contributed by atoms with Crippen molar-refractivity contribution in [1.29, 1.82) is 0 Å². The second-order valence-electron chi connectivity index (χ2n) is 7.83. The molecule has 1 fully saturated rings. The number of hydrogen-bond acceptors (Lipinski definition) is 3. The van der Waals surface area contributed by atoms with E-state index >= 15 is 0 Å².